The van der Waals surface area contributed by atoms with Crippen molar-refractivity contribution in [2.45, 2.75) is 12.3 Å². The normalized spacial score (nSPS) is 37.1. The molecule has 1 fully saturated rings. The second-order valence-electron chi connectivity index (χ2n) is 4.60. The van der Waals surface area contributed by atoms with Gasteiger partial charge < -0.3 is 4.79 Å². The Morgan fingerprint density at radius 3 is 2.53 bits per heavy atom. The van der Waals surface area contributed by atoms with Crippen LogP contribution in [0.3, 0.4) is 0 Å². The molecule has 0 radical (unpaired) electrons. The Morgan fingerprint density at radius 1 is 1.07 bits per heavy atom. The average molecular weight is 198 g/mol. The summed E-state index contributed by atoms with van der Waals surface area (Å²) in [6, 6.07) is 10.5. The van der Waals surface area contributed by atoms with Crippen molar-refractivity contribution in [3.05, 3.63) is 48.0 Å². The van der Waals surface area contributed by atoms with E-state index in [-0.39, 0.29) is 5.92 Å². The minimum Gasteiger partial charge on any atom is -0.303 e. The third-order valence-corrected chi connectivity index (χ3v) is 3.86. The van der Waals surface area contributed by atoms with Gasteiger partial charge in [-0.05, 0) is 23.8 Å². The summed E-state index contributed by atoms with van der Waals surface area (Å²) in [7, 11) is 0. The largest absolute Gasteiger partial charge is 0.303 e. The first kappa shape index (κ1) is 8.90. The topological polar surface area (TPSA) is 17.1 Å². The van der Waals surface area contributed by atoms with Crippen molar-refractivity contribution in [2.75, 3.05) is 0 Å². The SMILES string of the molecule is O=C[C@@H]1[C@H](c2ccccc2)[C@H]2C=C[C@@H]1C2. The molecule has 76 valence electrons. The van der Waals surface area contributed by atoms with Gasteiger partial charge in [0.15, 0.2) is 0 Å². The summed E-state index contributed by atoms with van der Waals surface area (Å²) in [5.41, 5.74) is 1.33. The highest BCUT2D eigenvalue weighted by atomic mass is 16.1. The number of aldehydes is 1. The minimum atomic E-state index is 0.211. The van der Waals surface area contributed by atoms with E-state index in [2.05, 4.69) is 36.4 Å². The number of hydrogen-bond donors (Lipinski definition) is 0. The number of fused-ring (bicyclic) bond motifs is 2. The maximum Gasteiger partial charge on any atom is 0.124 e. The second kappa shape index (κ2) is 3.34. The summed E-state index contributed by atoms with van der Waals surface area (Å²) in [6.45, 7) is 0. The first-order valence-electron chi connectivity index (χ1n) is 5.58. The van der Waals surface area contributed by atoms with E-state index in [0.29, 0.717) is 17.8 Å². The zero-order valence-electron chi connectivity index (χ0n) is 8.54. The van der Waals surface area contributed by atoms with Gasteiger partial charge in [0.25, 0.3) is 0 Å². The molecule has 0 N–H and O–H groups in total. The van der Waals surface area contributed by atoms with Gasteiger partial charge in [-0.2, -0.15) is 0 Å². The highest BCUT2D eigenvalue weighted by Crippen LogP contribution is 2.51. The predicted octanol–water partition coefficient (Wildman–Crippen LogP) is 2.79. The van der Waals surface area contributed by atoms with Crippen LogP contribution in [0.15, 0.2) is 42.5 Å². The molecule has 15 heavy (non-hydrogen) atoms. The second-order valence-corrected chi connectivity index (χ2v) is 4.60. The lowest BCUT2D eigenvalue weighted by Gasteiger charge is -2.24. The number of hydrogen-bond acceptors (Lipinski definition) is 1. The van der Waals surface area contributed by atoms with Crippen molar-refractivity contribution in [2.24, 2.45) is 17.8 Å². The maximum atomic E-state index is 11.1. The van der Waals surface area contributed by atoms with Crippen LogP contribution in [-0.2, 0) is 4.79 Å². The lowest BCUT2D eigenvalue weighted by atomic mass is 9.79. The predicted molar refractivity (Wildman–Crippen MR) is 59.5 cm³/mol. The average Bonchev–Trinajstić information content (AvgIpc) is 2.89. The van der Waals surface area contributed by atoms with Crippen LogP contribution in [0, 0.1) is 17.8 Å². The Hall–Kier alpha value is -1.37. The van der Waals surface area contributed by atoms with E-state index in [1.54, 1.807) is 0 Å². The molecular weight excluding hydrogens is 184 g/mol. The zero-order chi connectivity index (χ0) is 10.3. The van der Waals surface area contributed by atoms with Gasteiger partial charge in [0.2, 0.25) is 0 Å². The number of rotatable bonds is 2. The lowest BCUT2D eigenvalue weighted by molar-refractivity contribution is -0.112. The molecule has 0 unspecified atom stereocenters. The molecule has 4 atom stereocenters. The Labute approximate surface area is 89.8 Å². The van der Waals surface area contributed by atoms with E-state index in [1.807, 2.05) is 6.07 Å². The van der Waals surface area contributed by atoms with Crippen LogP contribution in [0.1, 0.15) is 17.9 Å². The van der Waals surface area contributed by atoms with Crippen LogP contribution in [0.4, 0.5) is 0 Å². The molecule has 0 heterocycles. The van der Waals surface area contributed by atoms with Gasteiger partial charge in [-0.25, -0.2) is 0 Å². The summed E-state index contributed by atoms with van der Waals surface area (Å²) in [4.78, 5) is 11.1. The number of carbonyl (C=O) groups excluding carboxylic acids is 1. The zero-order valence-corrected chi connectivity index (χ0v) is 8.54. The minimum absolute atomic E-state index is 0.211. The molecule has 0 aliphatic heterocycles. The lowest BCUT2D eigenvalue weighted by Crippen LogP contribution is -2.18. The smallest absolute Gasteiger partial charge is 0.124 e. The van der Waals surface area contributed by atoms with Crippen molar-refractivity contribution < 1.29 is 4.79 Å². The monoisotopic (exact) mass is 198 g/mol. The summed E-state index contributed by atoms with van der Waals surface area (Å²) < 4.78 is 0. The van der Waals surface area contributed by atoms with Gasteiger partial charge in [0.1, 0.15) is 6.29 Å². The fourth-order valence-electron chi connectivity index (χ4n) is 3.19. The Kier molecular flexibility index (Phi) is 1.98. The summed E-state index contributed by atoms with van der Waals surface area (Å²) in [5, 5.41) is 0. The van der Waals surface area contributed by atoms with E-state index < -0.39 is 0 Å². The van der Waals surface area contributed by atoms with Crippen LogP contribution in [0.5, 0.6) is 0 Å². The van der Waals surface area contributed by atoms with Gasteiger partial charge in [-0.1, -0.05) is 42.5 Å². The number of carbonyl (C=O) groups is 1. The van der Waals surface area contributed by atoms with Crippen LogP contribution in [0.2, 0.25) is 0 Å². The van der Waals surface area contributed by atoms with Gasteiger partial charge in [0, 0.05) is 11.8 Å². The van der Waals surface area contributed by atoms with Crippen molar-refractivity contribution in [1.82, 2.24) is 0 Å². The summed E-state index contributed by atoms with van der Waals surface area (Å²) in [6.07, 6.45) is 6.85. The molecule has 1 nitrogen and oxygen atoms in total. The molecule has 2 aliphatic carbocycles. The fourth-order valence-corrected chi connectivity index (χ4v) is 3.19. The van der Waals surface area contributed by atoms with Crippen molar-refractivity contribution in [1.29, 1.82) is 0 Å². The van der Waals surface area contributed by atoms with Crippen molar-refractivity contribution in [3.63, 3.8) is 0 Å². The summed E-state index contributed by atoms with van der Waals surface area (Å²) in [5.74, 6) is 1.73. The molecule has 2 aliphatic rings. The standard InChI is InChI=1S/C14H14O/c15-9-13-11-6-7-12(8-11)14(13)10-4-2-1-3-5-10/h1-7,9,11-14H,8H2/t11-,12+,13+,14-/m1/s1. The molecule has 1 heteroatoms. The highest BCUT2D eigenvalue weighted by Gasteiger charge is 2.44. The van der Waals surface area contributed by atoms with E-state index >= 15 is 0 Å². The van der Waals surface area contributed by atoms with Crippen LogP contribution in [0.25, 0.3) is 0 Å². The molecule has 3 rings (SSSR count). The fraction of sp³-hybridized carbons (Fsp3) is 0.357. The molecule has 0 amide bonds. The summed E-state index contributed by atoms with van der Waals surface area (Å²) >= 11 is 0. The van der Waals surface area contributed by atoms with Gasteiger partial charge in [-0.3, -0.25) is 0 Å². The quantitative estimate of drug-likeness (QED) is 0.527. The van der Waals surface area contributed by atoms with Gasteiger partial charge in [-0.15, -0.1) is 0 Å². The van der Waals surface area contributed by atoms with Crippen molar-refractivity contribution >= 4 is 6.29 Å². The van der Waals surface area contributed by atoms with Gasteiger partial charge in [0.05, 0.1) is 0 Å². The Bertz CT molecular complexity index is 393. The molecule has 0 saturated heterocycles. The number of allylic oxidation sites excluding steroid dienone is 2. The Balaban J connectivity index is 1.99. The third kappa shape index (κ3) is 1.26. The highest BCUT2D eigenvalue weighted by molar-refractivity contribution is 5.59. The van der Waals surface area contributed by atoms with Crippen molar-refractivity contribution in [3.8, 4) is 0 Å². The molecule has 2 bridgehead atoms. The molecule has 0 aromatic heterocycles. The maximum absolute atomic E-state index is 11.1. The molecular formula is C14H14O. The molecule has 0 spiro atoms. The van der Waals surface area contributed by atoms with Crippen LogP contribution < -0.4 is 0 Å². The van der Waals surface area contributed by atoms with E-state index in [0.717, 1.165) is 6.29 Å². The van der Waals surface area contributed by atoms with Crippen LogP contribution >= 0.6 is 0 Å². The first-order valence-corrected chi connectivity index (χ1v) is 5.58. The number of benzene rings is 1. The molecule has 1 aromatic rings. The van der Waals surface area contributed by atoms with E-state index in [4.69, 9.17) is 0 Å². The van der Waals surface area contributed by atoms with Crippen LogP contribution in [-0.4, -0.2) is 6.29 Å². The molecule has 1 aromatic carbocycles. The van der Waals surface area contributed by atoms with E-state index in [1.165, 1.54) is 12.0 Å². The van der Waals surface area contributed by atoms with Gasteiger partial charge >= 0.3 is 0 Å². The first-order chi connectivity index (χ1) is 7.40. The third-order valence-electron chi connectivity index (χ3n) is 3.86. The molecule has 1 saturated carbocycles. The Morgan fingerprint density at radius 2 is 1.80 bits per heavy atom. The van der Waals surface area contributed by atoms with E-state index in [9.17, 15) is 4.79 Å².